The molecular formula is C13H12N2O. The molecule has 1 atom stereocenters. The molecular weight excluding hydrogens is 200 g/mol. The second-order valence-corrected chi connectivity index (χ2v) is 3.61. The normalized spacial score (nSPS) is 11.8. The number of rotatable bonds is 3. The van der Waals surface area contributed by atoms with Gasteiger partial charge in [-0.3, -0.25) is 0 Å². The van der Waals surface area contributed by atoms with Gasteiger partial charge in [0.25, 0.3) is 0 Å². The van der Waals surface area contributed by atoms with E-state index < -0.39 is 0 Å². The monoisotopic (exact) mass is 212 g/mol. The molecule has 1 aromatic heterocycles. The summed E-state index contributed by atoms with van der Waals surface area (Å²) in [7, 11) is 0. The van der Waals surface area contributed by atoms with Crippen LogP contribution in [-0.4, -0.2) is 0 Å². The molecule has 0 aliphatic carbocycles. The van der Waals surface area contributed by atoms with Gasteiger partial charge in [0, 0.05) is 11.3 Å². The number of furan rings is 1. The Morgan fingerprint density at radius 2 is 2.00 bits per heavy atom. The highest BCUT2D eigenvalue weighted by Crippen LogP contribution is 2.19. The van der Waals surface area contributed by atoms with E-state index in [9.17, 15) is 0 Å². The molecule has 1 aromatic carbocycles. The van der Waals surface area contributed by atoms with Gasteiger partial charge in [-0.1, -0.05) is 0 Å². The van der Waals surface area contributed by atoms with Crippen LogP contribution in [0, 0.1) is 11.3 Å². The van der Waals surface area contributed by atoms with E-state index in [2.05, 4.69) is 18.3 Å². The van der Waals surface area contributed by atoms with Gasteiger partial charge < -0.3 is 9.73 Å². The molecule has 80 valence electrons. The summed E-state index contributed by atoms with van der Waals surface area (Å²) in [5, 5.41) is 12.0. The Morgan fingerprint density at radius 1 is 1.25 bits per heavy atom. The summed E-state index contributed by atoms with van der Waals surface area (Å²) >= 11 is 0. The number of anilines is 1. The van der Waals surface area contributed by atoms with E-state index in [1.807, 2.05) is 18.2 Å². The van der Waals surface area contributed by atoms with Crippen molar-refractivity contribution in [3.05, 3.63) is 54.0 Å². The first-order chi connectivity index (χ1) is 7.79. The zero-order valence-corrected chi connectivity index (χ0v) is 8.97. The van der Waals surface area contributed by atoms with E-state index in [1.54, 1.807) is 24.7 Å². The number of hydrogen-bond donors (Lipinski definition) is 1. The maximum absolute atomic E-state index is 8.68. The average molecular weight is 212 g/mol. The molecule has 2 rings (SSSR count). The van der Waals surface area contributed by atoms with Gasteiger partial charge in [0.2, 0.25) is 0 Å². The standard InChI is InChI=1S/C13H12N2O/c1-10(12-6-7-16-9-12)15-13-4-2-11(8-14)3-5-13/h2-7,9-10,15H,1H3. The molecule has 0 spiro atoms. The zero-order valence-electron chi connectivity index (χ0n) is 8.97. The van der Waals surface area contributed by atoms with Crippen LogP contribution >= 0.6 is 0 Å². The van der Waals surface area contributed by atoms with Crippen molar-refractivity contribution in [2.45, 2.75) is 13.0 Å². The number of hydrogen-bond acceptors (Lipinski definition) is 3. The molecule has 0 amide bonds. The third kappa shape index (κ3) is 2.23. The minimum atomic E-state index is 0.187. The molecule has 0 saturated heterocycles. The Morgan fingerprint density at radius 3 is 2.56 bits per heavy atom. The molecule has 2 aromatic rings. The summed E-state index contributed by atoms with van der Waals surface area (Å²) in [5.41, 5.74) is 2.76. The Bertz CT molecular complexity index is 480. The SMILES string of the molecule is CC(Nc1ccc(C#N)cc1)c1ccoc1. The lowest BCUT2D eigenvalue weighted by atomic mass is 10.1. The largest absolute Gasteiger partial charge is 0.472 e. The lowest BCUT2D eigenvalue weighted by molar-refractivity contribution is 0.562. The molecule has 0 aliphatic rings. The lowest BCUT2D eigenvalue weighted by Crippen LogP contribution is -2.05. The Balaban J connectivity index is 2.07. The Hall–Kier alpha value is -2.21. The van der Waals surface area contributed by atoms with Crippen LogP contribution in [0.5, 0.6) is 0 Å². The zero-order chi connectivity index (χ0) is 11.4. The van der Waals surface area contributed by atoms with E-state index in [1.165, 1.54) is 0 Å². The van der Waals surface area contributed by atoms with Gasteiger partial charge >= 0.3 is 0 Å². The van der Waals surface area contributed by atoms with Crippen molar-refractivity contribution in [2.24, 2.45) is 0 Å². The topological polar surface area (TPSA) is 49.0 Å². The van der Waals surface area contributed by atoms with Gasteiger partial charge in [0.05, 0.1) is 30.2 Å². The van der Waals surface area contributed by atoms with E-state index >= 15 is 0 Å². The van der Waals surface area contributed by atoms with Gasteiger partial charge in [-0.05, 0) is 37.3 Å². The van der Waals surface area contributed by atoms with E-state index in [-0.39, 0.29) is 6.04 Å². The minimum Gasteiger partial charge on any atom is -0.472 e. The predicted octanol–water partition coefficient (Wildman–Crippen LogP) is 3.32. The van der Waals surface area contributed by atoms with E-state index in [0.29, 0.717) is 5.56 Å². The summed E-state index contributed by atoms with van der Waals surface area (Å²) in [6.45, 7) is 2.06. The third-order valence-corrected chi connectivity index (χ3v) is 2.44. The van der Waals surface area contributed by atoms with Gasteiger partial charge in [0.15, 0.2) is 0 Å². The summed E-state index contributed by atoms with van der Waals surface area (Å²) in [4.78, 5) is 0. The Kier molecular flexibility index (Phi) is 2.93. The van der Waals surface area contributed by atoms with Crippen LogP contribution in [0.3, 0.4) is 0 Å². The molecule has 0 saturated carbocycles. The van der Waals surface area contributed by atoms with E-state index in [0.717, 1.165) is 11.3 Å². The number of benzene rings is 1. The maximum atomic E-state index is 8.68. The maximum Gasteiger partial charge on any atom is 0.0991 e. The van der Waals surface area contributed by atoms with Gasteiger partial charge in [-0.25, -0.2) is 0 Å². The van der Waals surface area contributed by atoms with Gasteiger partial charge in [0.1, 0.15) is 0 Å². The van der Waals surface area contributed by atoms with Crippen LogP contribution < -0.4 is 5.32 Å². The Labute approximate surface area is 94.3 Å². The highest BCUT2D eigenvalue weighted by atomic mass is 16.3. The molecule has 0 radical (unpaired) electrons. The number of nitrogens with one attached hydrogen (secondary N) is 1. The fourth-order valence-corrected chi connectivity index (χ4v) is 1.50. The van der Waals surface area contributed by atoms with Crippen LogP contribution in [0.4, 0.5) is 5.69 Å². The van der Waals surface area contributed by atoms with Crippen LogP contribution in [0.15, 0.2) is 47.3 Å². The second-order valence-electron chi connectivity index (χ2n) is 3.61. The first-order valence-electron chi connectivity index (χ1n) is 5.08. The highest BCUT2D eigenvalue weighted by molar-refractivity contribution is 5.48. The fraction of sp³-hybridized carbons (Fsp3) is 0.154. The minimum absolute atomic E-state index is 0.187. The van der Waals surface area contributed by atoms with Crippen LogP contribution in [-0.2, 0) is 0 Å². The summed E-state index contributed by atoms with van der Waals surface area (Å²) < 4.78 is 5.03. The smallest absolute Gasteiger partial charge is 0.0991 e. The quantitative estimate of drug-likeness (QED) is 0.848. The summed E-state index contributed by atoms with van der Waals surface area (Å²) in [5.74, 6) is 0. The molecule has 3 nitrogen and oxygen atoms in total. The second kappa shape index (κ2) is 4.54. The van der Waals surface area contributed by atoms with Crippen LogP contribution in [0.25, 0.3) is 0 Å². The van der Waals surface area contributed by atoms with Crippen molar-refractivity contribution >= 4 is 5.69 Å². The molecule has 0 fully saturated rings. The highest BCUT2D eigenvalue weighted by Gasteiger charge is 2.05. The third-order valence-electron chi connectivity index (χ3n) is 2.44. The van der Waals surface area contributed by atoms with Crippen molar-refractivity contribution < 1.29 is 4.42 Å². The number of nitrogens with zero attached hydrogens (tertiary/aromatic N) is 1. The van der Waals surface area contributed by atoms with Crippen molar-refractivity contribution in [1.29, 1.82) is 5.26 Å². The van der Waals surface area contributed by atoms with Crippen molar-refractivity contribution in [3.63, 3.8) is 0 Å². The predicted molar refractivity (Wildman–Crippen MR) is 61.9 cm³/mol. The van der Waals surface area contributed by atoms with Gasteiger partial charge in [-0.15, -0.1) is 0 Å². The van der Waals surface area contributed by atoms with Crippen LogP contribution in [0.1, 0.15) is 24.1 Å². The molecule has 0 aliphatic heterocycles. The molecule has 16 heavy (non-hydrogen) atoms. The number of nitriles is 1. The van der Waals surface area contributed by atoms with Crippen LogP contribution in [0.2, 0.25) is 0 Å². The molecule has 1 unspecified atom stereocenters. The molecule has 3 heteroatoms. The van der Waals surface area contributed by atoms with E-state index in [4.69, 9.17) is 9.68 Å². The molecule has 1 N–H and O–H groups in total. The van der Waals surface area contributed by atoms with Crippen molar-refractivity contribution in [1.82, 2.24) is 0 Å². The van der Waals surface area contributed by atoms with Crippen molar-refractivity contribution in [3.8, 4) is 6.07 Å². The summed E-state index contributed by atoms with van der Waals surface area (Å²) in [6, 6.07) is 11.6. The van der Waals surface area contributed by atoms with Crippen molar-refractivity contribution in [2.75, 3.05) is 5.32 Å². The fourth-order valence-electron chi connectivity index (χ4n) is 1.50. The molecule has 0 bridgehead atoms. The first-order valence-corrected chi connectivity index (χ1v) is 5.08. The first kappa shape index (κ1) is 10.3. The lowest BCUT2D eigenvalue weighted by Gasteiger charge is -2.13. The summed E-state index contributed by atoms with van der Waals surface area (Å²) in [6.07, 6.45) is 3.38. The van der Waals surface area contributed by atoms with Gasteiger partial charge in [-0.2, -0.15) is 5.26 Å². The average Bonchev–Trinajstić information content (AvgIpc) is 2.83. The molecule has 1 heterocycles.